The number of carbonyl (C=O) groups excluding carboxylic acids is 3. The summed E-state index contributed by atoms with van der Waals surface area (Å²) in [5, 5.41) is 25.1. The molecule has 3 fully saturated rings. The van der Waals surface area contributed by atoms with Crippen molar-refractivity contribution in [1.29, 1.82) is 0 Å². The monoisotopic (exact) mass is 485 g/mol. The number of amides is 2. The van der Waals surface area contributed by atoms with E-state index in [0.717, 1.165) is 16.2 Å². The first-order valence-corrected chi connectivity index (χ1v) is 10.9. The number of carboxylic acids is 2. The largest absolute Gasteiger partial charge is 0.479 e. The van der Waals surface area contributed by atoms with Crippen LogP contribution in [0, 0.1) is 5.92 Å². The van der Waals surface area contributed by atoms with Crippen molar-refractivity contribution in [3.8, 4) is 0 Å². The Morgan fingerprint density at radius 2 is 2.16 bits per heavy atom. The Hall–Kier alpha value is -3.40. The Balaban J connectivity index is 1.54. The molecule has 0 aromatic carbocycles. The number of aliphatic carboxylic acids is 2. The van der Waals surface area contributed by atoms with E-state index in [-0.39, 0.29) is 23.0 Å². The first kappa shape index (κ1) is 21.8. The molecular weight excluding hydrogens is 470 g/mol. The van der Waals surface area contributed by atoms with Crippen LogP contribution < -0.4 is 11.1 Å². The number of anilines is 1. The Morgan fingerprint density at radius 3 is 2.78 bits per heavy atom. The van der Waals surface area contributed by atoms with Gasteiger partial charge in [-0.15, -0.1) is 23.1 Å². The quantitative estimate of drug-likeness (QED) is 0.147. The van der Waals surface area contributed by atoms with Gasteiger partial charge in [-0.3, -0.25) is 19.3 Å². The highest BCUT2D eigenvalue weighted by Gasteiger charge is 2.71. The molecule has 5 N–H and O–H groups in total. The fourth-order valence-corrected chi connectivity index (χ4v) is 5.78. The van der Waals surface area contributed by atoms with Gasteiger partial charge in [-0.25, -0.2) is 14.6 Å². The molecule has 1 aromatic heterocycles. The predicted octanol–water partition coefficient (Wildman–Crippen LogP) is -1.73. The summed E-state index contributed by atoms with van der Waals surface area (Å²) in [6.45, 7) is -0.821. The van der Waals surface area contributed by atoms with E-state index >= 15 is 0 Å². The predicted molar refractivity (Wildman–Crippen MR) is 106 cm³/mol. The van der Waals surface area contributed by atoms with Gasteiger partial charge in [-0.2, -0.15) is 0 Å². The number of nitrogen functional groups attached to an aromatic ring is 1. The van der Waals surface area contributed by atoms with E-state index in [0.29, 0.717) is 0 Å². The zero-order chi connectivity index (χ0) is 23.2. The molecule has 0 unspecified atom stereocenters. The number of aromatic nitrogens is 1. The van der Waals surface area contributed by atoms with Gasteiger partial charge in [0.05, 0.1) is 6.42 Å². The molecule has 14 nitrogen and oxygen atoms in total. The molecular formula is C16H15N5O9S2. The second-order valence-electron chi connectivity index (χ2n) is 6.94. The molecule has 2 amide bonds. The summed E-state index contributed by atoms with van der Waals surface area (Å²) in [6, 6.07) is -1.13. The van der Waals surface area contributed by atoms with Gasteiger partial charge in [-0.05, 0) is 0 Å². The third-order valence-electron chi connectivity index (χ3n) is 5.02. The minimum Gasteiger partial charge on any atom is -0.479 e. The molecule has 4 heterocycles. The molecule has 3 aliphatic rings. The molecule has 4 rings (SSSR count). The number of hydrogen-bond donors (Lipinski definition) is 4. The molecule has 0 bridgehead atoms. The number of esters is 1. The van der Waals surface area contributed by atoms with Crippen LogP contribution in [0.5, 0.6) is 0 Å². The van der Waals surface area contributed by atoms with Gasteiger partial charge in [-0.1, -0.05) is 5.16 Å². The molecule has 0 aliphatic carbocycles. The standard InChI is InChI=1S/C16H15N5O9S2/c17-15-18-6(4-32-15)9(20-29-2-7(22)23)11(25)19-10-12(26)21-13(10)31-3-5-1-8(24)30-16(5,21)14(27)28/h4-5,10,13H,1-3H2,(H2,17,18)(H,19,25)(H,22,23)(H,27,28)/b20-9-/t5-,10+,13+,16+/m0/s1. The number of nitrogens with one attached hydrogen (secondary N) is 1. The lowest BCUT2D eigenvalue weighted by atomic mass is 9.89. The van der Waals surface area contributed by atoms with Crippen LogP contribution in [0.15, 0.2) is 10.5 Å². The number of thioether (sulfide) groups is 1. The van der Waals surface area contributed by atoms with E-state index < -0.39 is 65.1 Å². The lowest BCUT2D eigenvalue weighted by Gasteiger charge is -2.56. The van der Waals surface area contributed by atoms with Crippen LogP contribution in [-0.2, 0) is 33.5 Å². The number of carbonyl (C=O) groups is 5. The Morgan fingerprint density at radius 1 is 1.41 bits per heavy atom. The summed E-state index contributed by atoms with van der Waals surface area (Å²) in [4.78, 5) is 69.5. The average Bonchev–Trinajstić information content (AvgIpc) is 3.30. The van der Waals surface area contributed by atoms with Crippen molar-refractivity contribution in [2.75, 3.05) is 18.1 Å². The maximum atomic E-state index is 12.8. The van der Waals surface area contributed by atoms with E-state index in [4.69, 9.17) is 15.6 Å². The molecule has 3 saturated heterocycles. The van der Waals surface area contributed by atoms with Gasteiger partial charge >= 0.3 is 17.9 Å². The number of nitrogens with zero attached hydrogens (tertiary/aromatic N) is 3. The van der Waals surface area contributed by atoms with E-state index in [1.54, 1.807) is 0 Å². The van der Waals surface area contributed by atoms with Crippen LogP contribution in [0.1, 0.15) is 12.1 Å². The number of nitrogens with two attached hydrogens (primary N) is 1. The molecule has 4 atom stereocenters. The molecule has 0 radical (unpaired) electrons. The smallest absolute Gasteiger partial charge is 0.370 e. The van der Waals surface area contributed by atoms with E-state index in [1.807, 2.05) is 0 Å². The van der Waals surface area contributed by atoms with E-state index in [9.17, 15) is 29.1 Å². The second kappa shape index (κ2) is 7.94. The molecule has 32 heavy (non-hydrogen) atoms. The van der Waals surface area contributed by atoms with Crippen molar-refractivity contribution in [1.82, 2.24) is 15.2 Å². The van der Waals surface area contributed by atoms with Crippen molar-refractivity contribution < 1.29 is 43.8 Å². The maximum Gasteiger partial charge on any atom is 0.370 e. The minimum absolute atomic E-state index is 0.00195. The number of ether oxygens (including phenoxy) is 1. The zero-order valence-corrected chi connectivity index (χ0v) is 17.6. The van der Waals surface area contributed by atoms with E-state index in [2.05, 4.69) is 20.3 Å². The molecule has 1 aromatic rings. The van der Waals surface area contributed by atoms with Gasteiger partial charge in [0.15, 0.2) is 10.8 Å². The SMILES string of the molecule is Nc1nc(/C(=N/OCC(=O)O)C(=O)N[C@@H]2C(=O)N3[C@@H]2SC[C@@H]2CC(=O)O[C@@]23C(=O)O)cs1. The van der Waals surface area contributed by atoms with Gasteiger partial charge < -0.3 is 30.8 Å². The molecule has 170 valence electrons. The van der Waals surface area contributed by atoms with Gasteiger partial charge in [0.25, 0.3) is 17.5 Å². The number of rotatable bonds is 7. The van der Waals surface area contributed by atoms with Crippen LogP contribution >= 0.6 is 23.1 Å². The third-order valence-corrected chi connectivity index (χ3v) is 7.11. The van der Waals surface area contributed by atoms with E-state index in [1.165, 1.54) is 17.1 Å². The summed E-state index contributed by atoms with van der Waals surface area (Å²) < 4.78 is 5.09. The number of carboxylic acid groups (broad SMARTS) is 2. The van der Waals surface area contributed by atoms with Crippen LogP contribution in [0.2, 0.25) is 0 Å². The minimum atomic E-state index is -2.10. The lowest BCUT2D eigenvalue weighted by Crippen LogP contribution is -2.80. The Labute approximate surface area is 186 Å². The highest BCUT2D eigenvalue weighted by molar-refractivity contribution is 8.00. The topological polar surface area (TPSA) is 211 Å². The van der Waals surface area contributed by atoms with Crippen LogP contribution in [-0.4, -0.2) is 85.0 Å². The van der Waals surface area contributed by atoms with Gasteiger partial charge in [0.1, 0.15) is 17.1 Å². The molecule has 16 heteroatoms. The summed E-state index contributed by atoms with van der Waals surface area (Å²) in [6.07, 6.45) is -0.129. The second-order valence-corrected chi connectivity index (χ2v) is 8.98. The van der Waals surface area contributed by atoms with Gasteiger partial charge in [0.2, 0.25) is 6.61 Å². The number of hydrogen-bond acceptors (Lipinski definition) is 12. The normalized spacial score (nSPS) is 28.8. The first-order chi connectivity index (χ1) is 15.1. The molecule has 0 saturated carbocycles. The van der Waals surface area contributed by atoms with Crippen molar-refractivity contribution in [3.05, 3.63) is 11.1 Å². The summed E-state index contributed by atoms with van der Waals surface area (Å²) >= 11 is 2.21. The highest BCUT2D eigenvalue weighted by atomic mass is 32.2. The van der Waals surface area contributed by atoms with Crippen molar-refractivity contribution in [2.24, 2.45) is 11.1 Å². The zero-order valence-electron chi connectivity index (χ0n) is 15.9. The number of β-lactam (4-membered cyclic amide) rings is 1. The molecule has 3 aliphatic heterocycles. The fourth-order valence-electron chi connectivity index (χ4n) is 3.68. The third kappa shape index (κ3) is 3.40. The van der Waals surface area contributed by atoms with Crippen molar-refractivity contribution in [3.63, 3.8) is 0 Å². The van der Waals surface area contributed by atoms with Crippen LogP contribution in [0.4, 0.5) is 5.13 Å². The summed E-state index contributed by atoms with van der Waals surface area (Å²) in [5.74, 6) is -5.65. The Kier molecular flexibility index (Phi) is 5.41. The summed E-state index contributed by atoms with van der Waals surface area (Å²) in [5.41, 5.74) is 3.06. The number of thiazole rings is 1. The lowest BCUT2D eigenvalue weighted by molar-refractivity contribution is -0.215. The van der Waals surface area contributed by atoms with Crippen LogP contribution in [0.25, 0.3) is 0 Å². The first-order valence-electron chi connectivity index (χ1n) is 8.99. The fraction of sp³-hybridized carbons (Fsp3) is 0.438. The van der Waals surface area contributed by atoms with Gasteiger partial charge in [0, 0.05) is 17.1 Å². The Bertz CT molecular complexity index is 1060. The molecule has 0 spiro atoms. The van der Waals surface area contributed by atoms with Crippen molar-refractivity contribution >= 4 is 63.7 Å². The number of fused-ring (bicyclic) bond motifs is 3. The number of oxime groups is 1. The summed E-state index contributed by atoms with van der Waals surface area (Å²) in [7, 11) is 0. The maximum absolute atomic E-state index is 12.8. The van der Waals surface area contributed by atoms with Crippen molar-refractivity contribution in [2.45, 2.75) is 23.6 Å². The highest BCUT2D eigenvalue weighted by Crippen LogP contribution is 2.51. The average molecular weight is 485 g/mol. The van der Waals surface area contributed by atoms with Crippen LogP contribution in [0.3, 0.4) is 0 Å².